The molecule has 1 amide bonds. The topological polar surface area (TPSA) is 80.9 Å². The Kier molecular flexibility index (Phi) is 4.65. The minimum absolute atomic E-state index is 0.174. The minimum Gasteiger partial charge on any atom is -0.366 e. The zero-order valence-corrected chi connectivity index (χ0v) is 11.4. The number of benzene rings is 1. The first-order valence-electron chi connectivity index (χ1n) is 6.59. The molecule has 1 heterocycles. The van der Waals surface area contributed by atoms with Crippen LogP contribution in [0.2, 0.25) is 0 Å². The Balaban J connectivity index is 1.85. The molecule has 0 aliphatic carbocycles. The van der Waals surface area contributed by atoms with Gasteiger partial charge in [0.05, 0.1) is 0 Å². The predicted octanol–water partition coefficient (Wildman–Crippen LogP) is 2.01. The number of carbonyl (C=O) groups excluding carboxylic acids is 1. The van der Waals surface area contributed by atoms with E-state index in [0.29, 0.717) is 5.82 Å². The Hall–Kier alpha value is -2.43. The largest absolute Gasteiger partial charge is 0.366 e. The molecule has 5 nitrogen and oxygen atoms in total. The van der Waals surface area contributed by atoms with Crippen LogP contribution in [0.5, 0.6) is 0 Å². The summed E-state index contributed by atoms with van der Waals surface area (Å²) in [6, 6.07) is 13.9. The van der Waals surface area contributed by atoms with Crippen molar-refractivity contribution in [3.63, 3.8) is 0 Å². The van der Waals surface area contributed by atoms with Gasteiger partial charge in [-0.05, 0) is 37.5 Å². The summed E-state index contributed by atoms with van der Waals surface area (Å²) in [4.78, 5) is 10.9. The molecular weight excluding hydrogens is 252 g/mol. The number of aromatic nitrogens is 2. The van der Waals surface area contributed by atoms with Crippen LogP contribution in [0.1, 0.15) is 29.4 Å². The fourth-order valence-corrected chi connectivity index (χ4v) is 1.89. The maximum Gasteiger partial charge on any atom is 0.269 e. The van der Waals surface area contributed by atoms with Crippen LogP contribution in [0.4, 0.5) is 5.82 Å². The van der Waals surface area contributed by atoms with Crippen molar-refractivity contribution in [3.8, 4) is 0 Å². The molecule has 5 heteroatoms. The maximum absolute atomic E-state index is 10.9. The zero-order valence-electron chi connectivity index (χ0n) is 11.4. The third-order valence-electron chi connectivity index (χ3n) is 3.02. The summed E-state index contributed by atoms with van der Waals surface area (Å²) in [5.74, 6) is 0.0803. The van der Waals surface area contributed by atoms with E-state index in [1.54, 1.807) is 12.1 Å². The van der Waals surface area contributed by atoms with Gasteiger partial charge in [0, 0.05) is 6.04 Å². The van der Waals surface area contributed by atoms with E-state index < -0.39 is 5.91 Å². The highest BCUT2D eigenvalue weighted by molar-refractivity contribution is 5.90. The number of nitrogens with two attached hydrogens (primary N) is 1. The molecule has 1 unspecified atom stereocenters. The molecule has 1 aromatic carbocycles. The van der Waals surface area contributed by atoms with Crippen LogP contribution in [-0.2, 0) is 6.42 Å². The molecule has 0 bridgehead atoms. The number of carbonyl (C=O) groups is 1. The number of amides is 1. The minimum atomic E-state index is -0.568. The van der Waals surface area contributed by atoms with Gasteiger partial charge in [-0.1, -0.05) is 30.3 Å². The Labute approximate surface area is 118 Å². The fourth-order valence-electron chi connectivity index (χ4n) is 1.89. The number of hydrogen-bond acceptors (Lipinski definition) is 4. The van der Waals surface area contributed by atoms with E-state index in [-0.39, 0.29) is 11.7 Å². The first-order chi connectivity index (χ1) is 9.65. The van der Waals surface area contributed by atoms with Gasteiger partial charge in [-0.3, -0.25) is 4.79 Å². The number of aryl methyl sites for hydroxylation is 1. The van der Waals surface area contributed by atoms with E-state index in [1.807, 2.05) is 18.2 Å². The summed E-state index contributed by atoms with van der Waals surface area (Å²) in [5.41, 5.74) is 6.60. The second-order valence-corrected chi connectivity index (χ2v) is 4.74. The van der Waals surface area contributed by atoms with E-state index in [0.717, 1.165) is 12.8 Å². The molecule has 0 spiro atoms. The summed E-state index contributed by atoms with van der Waals surface area (Å²) in [6.45, 7) is 2.09. The molecular formula is C15H18N4O. The van der Waals surface area contributed by atoms with Gasteiger partial charge in [0.1, 0.15) is 5.82 Å². The van der Waals surface area contributed by atoms with Crippen LogP contribution >= 0.6 is 0 Å². The number of nitrogens with one attached hydrogen (secondary N) is 1. The molecule has 0 saturated carbocycles. The highest BCUT2D eigenvalue weighted by atomic mass is 16.1. The van der Waals surface area contributed by atoms with E-state index in [4.69, 9.17) is 5.73 Å². The first kappa shape index (κ1) is 14.0. The molecule has 0 aliphatic heterocycles. The van der Waals surface area contributed by atoms with Crippen molar-refractivity contribution in [3.05, 3.63) is 53.7 Å². The Morgan fingerprint density at radius 3 is 2.55 bits per heavy atom. The second kappa shape index (κ2) is 6.65. The standard InChI is InChI=1S/C15H18N4O/c1-11(7-8-12-5-3-2-4-6-12)17-14-10-9-13(15(16)20)18-19-14/h2-6,9-11H,7-8H2,1H3,(H2,16,20)(H,17,19). The molecule has 2 aromatic rings. The van der Waals surface area contributed by atoms with Gasteiger partial charge in [-0.15, -0.1) is 10.2 Å². The van der Waals surface area contributed by atoms with E-state index >= 15 is 0 Å². The lowest BCUT2D eigenvalue weighted by Crippen LogP contribution is -2.18. The van der Waals surface area contributed by atoms with Gasteiger partial charge in [-0.25, -0.2) is 0 Å². The first-order valence-corrected chi connectivity index (χ1v) is 6.59. The second-order valence-electron chi connectivity index (χ2n) is 4.74. The van der Waals surface area contributed by atoms with Crippen LogP contribution in [0.3, 0.4) is 0 Å². The molecule has 1 atom stereocenters. The van der Waals surface area contributed by atoms with Gasteiger partial charge in [0.15, 0.2) is 5.69 Å². The lowest BCUT2D eigenvalue weighted by Gasteiger charge is -2.14. The molecule has 0 fully saturated rings. The molecule has 3 N–H and O–H groups in total. The fraction of sp³-hybridized carbons (Fsp3) is 0.267. The third-order valence-corrected chi connectivity index (χ3v) is 3.02. The number of hydrogen-bond donors (Lipinski definition) is 2. The third kappa shape index (κ3) is 4.05. The Morgan fingerprint density at radius 2 is 1.95 bits per heavy atom. The van der Waals surface area contributed by atoms with Gasteiger partial charge < -0.3 is 11.1 Å². The van der Waals surface area contributed by atoms with Crippen LogP contribution in [0.25, 0.3) is 0 Å². The van der Waals surface area contributed by atoms with E-state index in [1.165, 1.54) is 5.56 Å². The number of primary amides is 1. The predicted molar refractivity (Wildman–Crippen MR) is 78.4 cm³/mol. The van der Waals surface area contributed by atoms with Crippen molar-refractivity contribution in [1.82, 2.24) is 10.2 Å². The summed E-state index contributed by atoms with van der Waals surface area (Å²) in [7, 11) is 0. The average Bonchev–Trinajstić information content (AvgIpc) is 2.47. The van der Waals surface area contributed by atoms with Crippen molar-refractivity contribution in [1.29, 1.82) is 0 Å². The van der Waals surface area contributed by atoms with E-state index in [9.17, 15) is 4.79 Å². The van der Waals surface area contributed by atoms with Crippen LogP contribution in [0.15, 0.2) is 42.5 Å². The highest BCUT2D eigenvalue weighted by Crippen LogP contribution is 2.09. The molecule has 2 rings (SSSR count). The van der Waals surface area contributed by atoms with Crippen molar-refractivity contribution < 1.29 is 4.79 Å². The Morgan fingerprint density at radius 1 is 1.20 bits per heavy atom. The summed E-state index contributed by atoms with van der Waals surface area (Å²) < 4.78 is 0. The molecule has 0 saturated heterocycles. The van der Waals surface area contributed by atoms with Gasteiger partial charge in [-0.2, -0.15) is 0 Å². The summed E-state index contributed by atoms with van der Waals surface area (Å²) in [5, 5.41) is 10.9. The monoisotopic (exact) mass is 270 g/mol. The zero-order chi connectivity index (χ0) is 14.4. The van der Waals surface area contributed by atoms with Crippen molar-refractivity contribution in [2.24, 2.45) is 5.73 Å². The van der Waals surface area contributed by atoms with Crippen LogP contribution in [-0.4, -0.2) is 22.1 Å². The van der Waals surface area contributed by atoms with Crippen LogP contribution < -0.4 is 11.1 Å². The quantitative estimate of drug-likeness (QED) is 0.841. The summed E-state index contributed by atoms with van der Waals surface area (Å²) in [6.07, 6.45) is 1.99. The molecule has 0 aliphatic rings. The SMILES string of the molecule is CC(CCc1ccccc1)Nc1ccc(C(N)=O)nn1. The smallest absolute Gasteiger partial charge is 0.269 e. The average molecular weight is 270 g/mol. The summed E-state index contributed by atoms with van der Waals surface area (Å²) >= 11 is 0. The van der Waals surface area contributed by atoms with Crippen LogP contribution in [0, 0.1) is 0 Å². The lowest BCUT2D eigenvalue weighted by molar-refractivity contribution is 0.0994. The van der Waals surface area contributed by atoms with Gasteiger partial charge in [0.25, 0.3) is 5.91 Å². The Bertz CT molecular complexity index is 554. The normalized spacial score (nSPS) is 11.8. The molecule has 1 aromatic heterocycles. The highest BCUT2D eigenvalue weighted by Gasteiger charge is 2.06. The van der Waals surface area contributed by atoms with Crippen molar-refractivity contribution in [2.75, 3.05) is 5.32 Å². The van der Waals surface area contributed by atoms with Crippen molar-refractivity contribution in [2.45, 2.75) is 25.8 Å². The molecule has 20 heavy (non-hydrogen) atoms. The molecule has 0 radical (unpaired) electrons. The number of anilines is 1. The maximum atomic E-state index is 10.9. The number of nitrogens with zero attached hydrogens (tertiary/aromatic N) is 2. The number of rotatable bonds is 6. The molecule has 104 valence electrons. The van der Waals surface area contributed by atoms with Gasteiger partial charge >= 0.3 is 0 Å². The van der Waals surface area contributed by atoms with Gasteiger partial charge in [0.2, 0.25) is 0 Å². The van der Waals surface area contributed by atoms with E-state index in [2.05, 4.69) is 34.6 Å². The lowest BCUT2D eigenvalue weighted by atomic mass is 10.1. The van der Waals surface area contributed by atoms with Crippen molar-refractivity contribution >= 4 is 11.7 Å².